The molecule has 0 aliphatic carbocycles. The van der Waals surface area contributed by atoms with Crippen molar-refractivity contribution in [3.05, 3.63) is 43.0 Å². The van der Waals surface area contributed by atoms with Gasteiger partial charge in [0.25, 0.3) is 5.56 Å². The van der Waals surface area contributed by atoms with Crippen LogP contribution in [0.1, 0.15) is 45.9 Å². The first-order valence-electron chi connectivity index (χ1n) is 9.96. The van der Waals surface area contributed by atoms with Gasteiger partial charge in [-0.15, -0.1) is 0 Å². The molecule has 29 heavy (non-hydrogen) atoms. The van der Waals surface area contributed by atoms with Crippen molar-refractivity contribution >= 4 is 8.32 Å². The van der Waals surface area contributed by atoms with Gasteiger partial charge in [-0.1, -0.05) is 32.8 Å². The van der Waals surface area contributed by atoms with Crippen molar-refractivity contribution in [2.75, 3.05) is 6.61 Å². The molecule has 1 saturated heterocycles. The largest absolute Gasteiger partial charge is 0.414 e. The molecule has 10 heteroatoms. The van der Waals surface area contributed by atoms with Crippen molar-refractivity contribution in [3.63, 3.8) is 0 Å². The van der Waals surface area contributed by atoms with Crippen molar-refractivity contribution in [1.82, 2.24) is 9.13 Å². The highest BCUT2D eigenvalue weighted by Crippen LogP contribution is 2.45. The molecule has 1 fully saturated rings. The zero-order valence-corrected chi connectivity index (χ0v) is 19.7. The van der Waals surface area contributed by atoms with E-state index in [1.807, 2.05) is 0 Å². The maximum atomic E-state index is 12.5. The van der Waals surface area contributed by atoms with Crippen LogP contribution in [0, 0.1) is 12.8 Å². The van der Waals surface area contributed by atoms with Gasteiger partial charge in [0, 0.05) is 30.1 Å². The maximum Gasteiger partial charge on any atom is 0.332 e. The Morgan fingerprint density at radius 3 is 2.59 bits per heavy atom. The minimum atomic E-state index is -2.08. The van der Waals surface area contributed by atoms with Crippen LogP contribution < -0.4 is 11.2 Å². The van der Waals surface area contributed by atoms with E-state index in [0.29, 0.717) is 24.5 Å². The zero-order valence-electron chi connectivity index (χ0n) is 18.7. The van der Waals surface area contributed by atoms with Gasteiger partial charge in [0.15, 0.2) is 8.32 Å². The van der Waals surface area contributed by atoms with Crippen LogP contribution in [0.5, 0.6) is 0 Å². The Morgan fingerprint density at radius 1 is 1.41 bits per heavy atom. The van der Waals surface area contributed by atoms with Crippen LogP contribution in [0.2, 0.25) is 18.1 Å². The summed E-state index contributed by atoms with van der Waals surface area (Å²) < 4.78 is 14.9. The van der Waals surface area contributed by atoms with Crippen molar-refractivity contribution in [3.8, 4) is 0 Å². The molecule has 0 amide bonds. The number of nitrogens with zero attached hydrogens (tertiary/aromatic N) is 5. The molecule has 2 heterocycles. The molecule has 162 valence electrons. The Kier molecular flexibility index (Phi) is 6.84. The lowest BCUT2D eigenvalue weighted by Crippen LogP contribution is -2.47. The first-order chi connectivity index (χ1) is 13.3. The fraction of sp³-hybridized carbons (Fsp3) is 0.789. The predicted octanol–water partition coefficient (Wildman–Crippen LogP) is 3.48. The molecular formula is C19H33N5O4Si. The summed E-state index contributed by atoms with van der Waals surface area (Å²) in [5.41, 5.74) is 8.62. The van der Waals surface area contributed by atoms with Gasteiger partial charge in [-0.3, -0.25) is 13.9 Å². The Balaban J connectivity index is 2.26. The van der Waals surface area contributed by atoms with Gasteiger partial charge in [-0.05, 0) is 36.5 Å². The van der Waals surface area contributed by atoms with Crippen LogP contribution in [0.15, 0.2) is 20.9 Å². The molecule has 0 spiro atoms. The zero-order chi connectivity index (χ0) is 22.1. The fourth-order valence-corrected chi connectivity index (χ4v) is 5.79. The molecule has 1 aromatic heterocycles. The molecule has 0 unspecified atom stereocenters. The van der Waals surface area contributed by atoms with E-state index in [1.54, 1.807) is 6.92 Å². The van der Waals surface area contributed by atoms with Gasteiger partial charge in [0.1, 0.15) is 6.23 Å². The normalized spacial score (nSPS) is 22.7. The minimum absolute atomic E-state index is 0.0464. The number of hydrogen-bond donors (Lipinski definition) is 0. The van der Waals surface area contributed by atoms with E-state index >= 15 is 0 Å². The molecule has 0 aromatic carbocycles. The van der Waals surface area contributed by atoms with E-state index in [1.165, 1.54) is 17.8 Å². The van der Waals surface area contributed by atoms with Gasteiger partial charge in [0.2, 0.25) is 0 Å². The summed E-state index contributed by atoms with van der Waals surface area (Å²) in [6.07, 6.45) is 0.798. The average molecular weight is 424 g/mol. The number of ether oxygens (including phenoxy) is 1. The molecule has 9 nitrogen and oxygen atoms in total. The highest BCUT2D eigenvalue weighted by Gasteiger charge is 2.45. The van der Waals surface area contributed by atoms with Gasteiger partial charge >= 0.3 is 5.69 Å². The van der Waals surface area contributed by atoms with Gasteiger partial charge in [-0.2, -0.15) is 0 Å². The standard InChI is InChI=1S/C19H33N5O4Si/c1-12(2)19(4,5)29(7,8)27-11-15-14(21-22-20)9-16(28-15)24-10-13(3)17(25)23(6)18(24)26/h10,12,14-16H,9,11H2,1-8H3/t14-,15+,16+/m0/s1. The summed E-state index contributed by atoms with van der Waals surface area (Å²) in [7, 11) is -0.639. The number of aryl methyl sites for hydroxylation is 1. The summed E-state index contributed by atoms with van der Waals surface area (Å²) in [4.78, 5) is 27.5. The van der Waals surface area contributed by atoms with E-state index in [0.717, 1.165) is 4.57 Å². The molecule has 1 aliphatic rings. The minimum Gasteiger partial charge on any atom is -0.414 e. The monoisotopic (exact) mass is 423 g/mol. The number of rotatable bonds is 7. The lowest BCUT2D eigenvalue weighted by molar-refractivity contribution is -0.0255. The van der Waals surface area contributed by atoms with Crippen LogP contribution in [-0.4, -0.2) is 36.2 Å². The van der Waals surface area contributed by atoms with Crippen LogP contribution in [-0.2, 0) is 16.2 Å². The SMILES string of the molecule is Cc1cn([C@H]2C[C@H](N=[N+]=[N-])[C@@H](CO[Si](C)(C)C(C)(C)C(C)C)O2)c(=O)n(C)c1=O. The molecular weight excluding hydrogens is 390 g/mol. The Labute approximate surface area is 172 Å². The van der Waals surface area contributed by atoms with Crippen molar-refractivity contribution in [1.29, 1.82) is 0 Å². The lowest BCUT2D eigenvalue weighted by Gasteiger charge is -2.43. The third-order valence-corrected chi connectivity index (χ3v) is 11.4. The first-order valence-corrected chi connectivity index (χ1v) is 12.9. The quantitative estimate of drug-likeness (QED) is 0.289. The topological polar surface area (TPSA) is 111 Å². The Bertz CT molecular complexity index is 914. The van der Waals surface area contributed by atoms with Crippen LogP contribution in [0.25, 0.3) is 10.4 Å². The summed E-state index contributed by atoms with van der Waals surface area (Å²) in [5, 5.41) is 3.92. The van der Waals surface area contributed by atoms with Gasteiger partial charge < -0.3 is 9.16 Å². The second-order valence-corrected chi connectivity index (χ2v) is 13.8. The molecule has 1 aliphatic heterocycles. The molecule has 0 bridgehead atoms. The number of hydrogen-bond acceptors (Lipinski definition) is 5. The van der Waals surface area contributed by atoms with Crippen LogP contribution in [0.3, 0.4) is 0 Å². The Morgan fingerprint density at radius 2 is 2.03 bits per heavy atom. The van der Waals surface area contributed by atoms with E-state index in [9.17, 15) is 9.59 Å². The molecule has 0 N–H and O–H groups in total. The highest BCUT2D eigenvalue weighted by molar-refractivity contribution is 6.74. The smallest absolute Gasteiger partial charge is 0.332 e. The van der Waals surface area contributed by atoms with Crippen molar-refractivity contribution in [2.24, 2.45) is 18.1 Å². The Hall–Kier alpha value is -1.87. The van der Waals surface area contributed by atoms with Gasteiger partial charge in [-0.25, -0.2) is 4.79 Å². The third kappa shape index (κ3) is 4.50. The third-order valence-electron chi connectivity index (χ3n) is 6.80. The first kappa shape index (κ1) is 23.4. The number of aromatic nitrogens is 2. The lowest BCUT2D eigenvalue weighted by atomic mass is 9.99. The second-order valence-electron chi connectivity index (χ2n) is 9.20. The molecule has 0 saturated carbocycles. The summed E-state index contributed by atoms with van der Waals surface area (Å²) in [6.45, 7) is 15.1. The van der Waals surface area contributed by atoms with E-state index in [4.69, 9.17) is 14.7 Å². The van der Waals surface area contributed by atoms with Gasteiger partial charge in [0.05, 0.1) is 18.8 Å². The fourth-order valence-electron chi connectivity index (χ4n) is 3.45. The van der Waals surface area contributed by atoms with Crippen LogP contribution >= 0.6 is 0 Å². The molecule has 2 rings (SSSR count). The highest BCUT2D eigenvalue weighted by atomic mass is 28.4. The van der Waals surface area contributed by atoms with E-state index in [2.05, 4.69) is 50.8 Å². The van der Waals surface area contributed by atoms with Crippen LogP contribution in [0.4, 0.5) is 0 Å². The summed E-state index contributed by atoms with van der Waals surface area (Å²) >= 11 is 0. The van der Waals surface area contributed by atoms with E-state index in [-0.39, 0.29) is 10.6 Å². The van der Waals surface area contributed by atoms with E-state index < -0.39 is 32.4 Å². The summed E-state index contributed by atoms with van der Waals surface area (Å²) in [5.74, 6) is 0.460. The number of azide groups is 1. The molecule has 0 radical (unpaired) electrons. The van der Waals surface area contributed by atoms with Crippen molar-refractivity contribution < 1.29 is 9.16 Å². The molecule has 3 atom stereocenters. The second kappa shape index (κ2) is 8.47. The predicted molar refractivity (Wildman–Crippen MR) is 114 cm³/mol. The maximum absolute atomic E-state index is 12.5. The molecule has 1 aromatic rings. The average Bonchev–Trinajstić information content (AvgIpc) is 3.04. The summed E-state index contributed by atoms with van der Waals surface area (Å²) in [6, 6.07) is -0.443. The van der Waals surface area contributed by atoms with Crippen molar-refractivity contribution in [2.45, 2.75) is 77.5 Å².